The van der Waals surface area contributed by atoms with Gasteiger partial charge in [0.15, 0.2) is 11.6 Å². The first-order valence-corrected chi connectivity index (χ1v) is 9.73. The average Bonchev–Trinajstić information content (AvgIpc) is 3.25. The minimum atomic E-state index is -4.61. The van der Waals surface area contributed by atoms with Gasteiger partial charge in [-0.1, -0.05) is 17.7 Å². The van der Waals surface area contributed by atoms with E-state index in [1.165, 1.54) is 18.2 Å². The van der Waals surface area contributed by atoms with Crippen molar-refractivity contribution in [3.63, 3.8) is 0 Å². The average molecular weight is 502 g/mol. The third kappa shape index (κ3) is 5.22. The number of anilines is 1. The van der Waals surface area contributed by atoms with Crippen LogP contribution in [0.15, 0.2) is 36.4 Å². The second kappa shape index (κ2) is 8.44. The van der Waals surface area contributed by atoms with Gasteiger partial charge in [-0.05, 0) is 35.9 Å². The van der Waals surface area contributed by atoms with E-state index in [-0.39, 0.29) is 21.8 Å². The summed E-state index contributed by atoms with van der Waals surface area (Å²) >= 11 is 18.2. The number of nitrogens with one attached hydrogen (secondary N) is 2. The third-order valence-electron chi connectivity index (χ3n) is 4.57. The van der Waals surface area contributed by atoms with Crippen molar-refractivity contribution in [3.8, 4) is 0 Å². The second-order valence-electron chi connectivity index (χ2n) is 6.79. The summed E-state index contributed by atoms with van der Waals surface area (Å²) in [5.41, 5.74) is -0.0290. The molecule has 166 valence electrons. The molecule has 0 bridgehead atoms. The van der Waals surface area contributed by atoms with Crippen LogP contribution >= 0.6 is 34.8 Å². The van der Waals surface area contributed by atoms with Crippen LogP contribution in [0, 0.1) is 17.6 Å². The molecule has 12 heteroatoms. The Balaban J connectivity index is 1.74. The molecule has 2 amide bonds. The molecular formula is C19H12Cl3F5N2O2. The Morgan fingerprint density at radius 3 is 2.32 bits per heavy atom. The van der Waals surface area contributed by atoms with Crippen molar-refractivity contribution in [1.29, 1.82) is 0 Å². The minimum absolute atomic E-state index is 0.0478. The highest BCUT2D eigenvalue weighted by Crippen LogP contribution is 2.65. The van der Waals surface area contributed by atoms with Crippen molar-refractivity contribution in [1.82, 2.24) is 5.32 Å². The fourth-order valence-corrected chi connectivity index (χ4v) is 4.08. The largest absolute Gasteiger partial charge is 0.405 e. The number of amides is 2. The van der Waals surface area contributed by atoms with Gasteiger partial charge < -0.3 is 10.6 Å². The fourth-order valence-electron chi connectivity index (χ4n) is 3.05. The molecule has 3 rings (SSSR count). The summed E-state index contributed by atoms with van der Waals surface area (Å²) in [5.74, 6) is -5.83. The van der Waals surface area contributed by atoms with Crippen LogP contribution in [0.25, 0.3) is 0 Å². The van der Waals surface area contributed by atoms with Crippen LogP contribution in [0.2, 0.25) is 5.02 Å². The fraction of sp³-hybridized carbons (Fsp3) is 0.263. The Kier molecular flexibility index (Phi) is 6.42. The lowest BCUT2D eigenvalue weighted by atomic mass is 10.1. The number of hydrogen-bond acceptors (Lipinski definition) is 2. The van der Waals surface area contributed by atoms with Gasteiger partial charge in [0.25, 0.3) is 5.91 Å². The van der Waals surface area contributed by atoms with E-state index >= 15 is 0 Å². The van der Waals surface area contributed by atoms with Gasteiger partial charge in [-0.2, -0.15) is 13.2 Å². The van der Waals surface area contributed by atoms with Crippen LogP contribution in [0.4, 0.5) is 27.6 Å². The first-order valence-electron chi connectivity index (χ1n) is 8.59. The number of halogens is 8. The molecule has 1 fully saturated rings. The van der Waals surface area contributed by atoms with E-state index < -0.39 is 52.3 Å². The smallest absolute Gasteiger partial charge is 0.343 e. The summed E-state index contributed by atoms with van der Waals surface area (Å²) in [6, 6.07) is 6.64. The van der Waals surface area contributed by atoms with Crippen LogP contribution in [-0.4, -0.2) is 28.9 Å². The monoisotopic (exact) mass is 500 g/mol. The van der Waals surface area contributed by atoms with E-state index in [4.69, 9.17) is 34.8 Å². The number of rotatable bonds is 5. The number of carbonyl (C=O) groups excluding carboxylic acids is 2. The molecule has 0 radical (unpaired) electrons. The topological polar surface area (TPSA) is 58.2 Å². The van der Waals surface area contributed by atoms with Crippen molar-refractivity contribution >= 4 is 52.3 Å². The van der Waals surface area contributed by atoms with Crippen molar-refractivity contribution in [2.24, 2.45) is 5.92 Å². The van der Waals surface area contributed by atoms with Gasteiger partial charge in [0.2, 0.25) is 5.91 Å². The zero-order valence-electron chi connectivity index (χ0n) is 15.2. The molecule has 4 nitrogen and oxygen atoms in total. The van der Waals surface area contributed by atoms with Gasteiger partial charge in [0.05, 0.1) is 16.5 Å². The lowest BCUT2D eigenvalue weighted by Gasteiger charge is -2.11. The molecule has 31 heavy (non-hydrogen) atoms. The summed E-state index contributed by atoms with van der Waals surface area (Å²) in [5, 5.41) is 3.99. The molecule has 1 aliphatic rings. The summed E-state index contributed by atoms with van der Waals surface area (Å²) < 4.78 is 62.0. The summed E-state index contributed by atoms with van der Waals surface area (Å²) in [6.45, 7) is -1.56. The highest BCUT2D eigenvalue weighted by atomic mass is 35.5. The lowest BCUT2D eigenvalue weighted by molar-refractivity contribution is -0.123. The van der Waals surface area contributed by atoms with Gasteiger partial charge in [-0.25, -0.2) is 8.78 Å². The standard InChI is InChI=1S/C19H12Cl3F5N2O2/c20-11-3-2-9(6-10(11)16(30)28-7-18(25,26)27)29-17(31)15-14(19(15,21)22)8-1-4-12(23)13(24)5-8/h1-6,14-15H,7H2,(H,28,30)(H,29,31). The van der Waals surface area contributed by atoms with Crippen LogP contribution in [0.3, 0.4) is 0 Å². The van der Waals surface area contributed by atoms with Crippen LogP contribution < -0.4 is 10.6 Å². The maximum absolute atomic E-state index is 13.5. The van der Waals surface area contributed by atoms with Crippen molar-refractivity contribution in [2.75, 3.05) is 11.9 Å². The minimum Gasteiger partial charge on any atom is -0.343 e. The quantitative estimate of drug-likeness (QED) is 0.424. The second-order valence-corrected chi connectivity index (χ2v) is 8.64. The molecule has 0 saturated heterocycles. The van der Waals surface area contributed by atoms with E-state index in [2.05, 4.69) is 5.32 Å². The van der Waals surface area contributed by atoms with Crippen LogP contribution in [-0.2, 0) is 4.79 Å². The number of alkyl halides is 5. The molecule has 2 atom stereocenters. The summed E-state index contributed by atoms with van der Waals surface area (Å²) in [6.07, 6.45) is -4.61. The summed E-state index contributed by atoms with van der Waals surface area (Å²) in [7, 11) is 0. The SMILES string of the molecule is O=C(NCC(F)(F)F)c1cc(NC(=O)C2C(c3ccc(F)c(F)c3)C2(Cl)Cl)ccc1Cl. The van der Waals surface area contributed by atoms with E-state index in [9.17, 15) is 31.5 Å². The lowest BCUT2D eigenvalue weighted by Crippen LogP contribution is -2.33. The molecule has 0 aliphatic heterocycles. The number of benzene rings is 2. The normalized spacial score (nSPS) is 19.6. The predicted octanol–water partition coefficient (Wildman–Crippen LogP) is 5.44. The zero-order valence-corrected chi connectivity index (χ0v) is 17.4. The first kappa shape index (κ1) is 23.6. The Morgan fingerprint density at radius 2 is 1.71 bits per heavy atom. The highest BCUT2D eigenvalue weighted by molar-refractivity contribution is 6.53. The van der Waals surface area contributed by atoms with Crippen molar-refractivity contribution in [3.05, 3.63) is 64.2 Å². The maximum atomic E-state index is 13.5. The van der Waals surface area contributed by atoms with Gasteiger partial charge in [-0.15, -0.1) is 23.2 Å². The Bertz CT molecular complexity index is 1050. The summed E-state index contributed by atoms with van der Waals surface area (Å²) in [4.78, 5) is 24.6. The van der Waals surface area contributed by atoms with E-state index in [1.54, 1.807) is 5.32 Å². The Labute approximate surface area is 187 Å². The van der Waals surface area contributed by atoms with Crippen LogP contribution in [0.5, 0.6) is 0 Å². The number of hydrogen-bond donors (Lipinski definition) is 2. The molecule has 0 heterocycles. The van der Waals surface area contributed by atoms with E-state index in [0.29, 0.717) is 0 Å². The molecule has 2 N–H and O–H groups in total. The molecular weight excluding hydrogens is 490 g/mol. The first-order chi connectivity index (χ1) is 14.3. The predicted molar refractivity (Wildman–Crippen MR) is 105 cm³/mol. The molecule has 2 unspecified atom stereocenters. The maximum Gasteiger partial charge on any atom is 0.405 e. The molecule has 2 aromatic carbocycles. The van der Waals surface area contributed by atoms with E-state index in [0.717, 1.165) is 18.2 Å². The highest BCUT2D eigenvalue weighted by Gasteiger charge is 2.67. The Hall–Kier alpha value is -2.10. The zero-order chi connectivity index (χ0) is 23.1. The van der Waals surface area contributed by atoms with Gasteiger partial charge in [-0.3, -0.25) is 9.59 Å². The number of carbonyl (C=O) groups is 2. The molecule has 2 aromatic rings. The van der Waals surface area contributed by atoms with E-state index in [1.807, 2.05) is 0 Å². The van der Waals surface area contributed by atoms with Crippen molar-refractivity contribution in [2.45, 2.75) is 16.4 Å². The third-order valence-corrected chi connectivity index (χ3v) is 5.84. The van der Waals surface area contributed by atoms with Crippen molar-refractivity contribution < 1.29 is 31.5 Å². The molecule has 1 aliphatic carbocycles. The van der Waals surface area contributed by atoms with Crippen LogP contribution in [0.1, 0.15) is 21.8 Å². The van der Waals surface area contributed by atoms with Gasteiger partial charge >= 0.3 is 6.18 Å². The molecule has 1 saturated carbocycles. The molecule has 0 spiro atoms. The van der Waals surface area contributed by atoms with Gasteiger partial charge in [0, 0.05) is 11.6 Å². The van der Waals surface area contributed by atoms with Gasteiger partial charge in [0.1, 0.15) is 10.9 Å². The molecule has 0 aromatic heterocycles. The Morgan fingerprint density at radius 1 is 1.03 bits per heavy atom.